The summed E-state index contributed by atoms with van der Waals surface area (Å²) in [6.45, 7) is 1.52. The Labute approximate surface area is 163 Å². The third kappa shape index (κ3) is 3.70. The van der Waals surface area contributed by atoms with Gasteiger partial charge in [0.25, 0.3) is 5.91 Å². The Morgan fingerprint density at radius 2 is 1.89 bits per heavy atom. The van der Waals surface area contributed by atoms with Crippen molar-refractivity contribution in [2.24, 2.45) is 5.92 Å². The molecule has 2 heterocycles. The summed E-state index contributed by atoms with van der Waals surface area (Å²) < 4.78 is 48.6. The fourth-order valence-electron chi connectivity index (χ4n) is 3.33. The van der Waals surface area contributed by atoms with E-state index in [1.165, 1.54) is 37.1 Å². The Morgan fingerprint density at radius 1 is 1.22 bits per heavy atom. The van der Waals surface area contributed by atoms with Gasteiger partial charge < -0.3 is 4.90 Å². The highest BCUT2D eigenvalue weighted by atomic mass is 35.5. The summed E-state index contributed by atoms with van der Waals surface area (Å²) in [7, 11) is -5.50. The summed E-state index contributed by atoms with van der Waals surface area (Å²) in [5, 5.41) is 0.0912. The number of carbonyl (C=O) groups is 2. The summed E-state index contributed by atoms with van der Waals surface area (Å²) in [6.07, 6.45) is 0.332. The molecule has 8 nitrogen and oxygen atoms in total. The van der Waals surface area contributed by atoms with Crippen molar-refractivity contribution in [1.29, 1.82) is 0 Å². The smallest absolute Gasteiger partial charge is 0.255 e. The maximum Gasteiger partial charge on any atom is 0.255 e. The Bertz CT molecular complexity index is 1020. The van der Waals surface area contributed by atoms with Crippen molar-refractivity contribution >= 4 is 49.0 Å². The van der Waals surface area contributed by atoms with Gasteiger partial charge in [0, 0.05) is 13.1 Å². The molecular formula is C16H19ClN2O6S2. The van der Waals surface area contributed by atoms with Gasteiger partial charge in [-0.3, -0.25) is 9.59 Å². The zero-order valence-corrected chi connectivity index (χ0v) is 17.1. The van der Waals surface area contributed by atoms with Gasteiger partial charge in [-0.05, 0) is 24.6 Å². The third-order valence-corrected chi connectivity index (χ3v) is 8.80. The van der Waals surface area contributed by atoms with Crippen molar-refractivity contribution in [3.63, 3.8) is 0 Å². The molecule has 2 saturated heterocycles. The molecule has 2 aliphatic heterocycles. The van der Waals surface area contributed by atoms with Crippen molar-refractivity contribution in [3.05, 3.63) is 28.8 Å². The topological polar surface area (TPSA) is 109 Å². The molecule has 0 saturated carbocycles. The fraction of sp³-hybridized carbons (Fsp3) is 0.500. The van der Waals surface area contributed by atoms with Crippen molar-refractivity contribution in [3.8, 4) is 0 Å². The van der Waals surface area contributed by atoms with E-state index in [1.807, 2.05) is 0 Å². The number of hydrogen-bond donors (Lipinski definition) is 0. The predicted octanol–water partition coefficient (Wildman–Crippen LogP) is 0.912. The molecule has 2 amide bonds. The average molecular weight is 435 g/mol. The van der Waals surface area contributed by atoms with Crippen molar-refractivity contribution in [1.82, 2.24) is 4.90 Å². The van der Waals surface area contributed by atoms with Crippen molar-refractivity contribution in [2.75, 3.05) is 28.6 Å². The van der Waals surface area contributed by atoms with Gasteiger partial charge in [0.1, 0.15) is 0 Å². The van der Waals surface area contributed by atoms with Crippen LogP contribution in [0.1, 0.15) is 23.7 Å². The molecule has 2 fully saturated rings. The number of sulfonamides is 1. The fourth-order valence-corrected chi connectivity index (χ4v) is 7.11. The molecule has 0 N–H and O–H groups in total. The van der Waals surface area contributed by atoms with Gasteiger partial charge in [0.2, 0.25) is 15.9 Å². The highest BCUT2D eigenvalue weighted by Gasteiger charge is 2.42. The summed E-state index contributed by atoms with van der Waals surface area (Å²) >= 11 is 6.12. The first-order valence-electron chi connectivity index (χ1n) is 8.27. The van der Waals surface area contributed by atoms with E-state index in [9.17, 15) is 26.4 Å². The molecule has 2 unspecified atom stereocenters. The van der Waals surface area contributed by atoms with Crippen LogP contribution in [0.4, 0.5) is 5.69 Å². The monoisotopic (exact) mass is 434 g/mol. The average Bonchev–Trinajstić information content (AvgIpc) is 3.03. The molecule has 1 aromatic rings. The number of nitrogens with zero attached hydrogens (tertiary/aromatic N) is 2. The van der Waals surface area contributed by atoms with E-state index in [0.717, 1.165) is 0 Å². The lowest BCUT2D eigenvalue weighted by Crippen LogP contribution is -2.38. The first-order chi connectivity index (χ1) is 12.4. The van der Waals surface area contributed by atoms with E-state index in [1.54, 1.807) is 0 Å². The molecule has 148 valence electrons. The SMILES string of the molecule is CC1CS(=O)(=O)N(c2ccc(Cl)c(C(=O)N(C)C3CCS(=O)(=O)C3)c2)C1=O. The number of halogens is 1. The molecule has 3 rings (SSSR count). The molecule has 0 aliphatic carbocycles. The van der Waals surface area contributed by atoms with Crippen LogP contribution in [0.3, 0.4) is 0 Å². The summed E-state index contributed by atoms with van der Waals surface area (Å²) in [5.74, 6) is -2.16. The standard InChI is InChI=1S/C16H19ClN2O6S2/c1-10-8-27(24,25)19(15(10)20)11-3-4-14(17)13(7-11)16(21)18(2)12-5-6-26(22,23)9-12/h3-4,7,10,12H,5-6,8-9H2,1-2H3. The van der Waals surface area contributed by atoms with Crippen LogP contribution in [-0.2, 0) is 24.7 Å². The number of anilines is 1. The number of carbonyl (C=O) groups excluding carboxylic acids is 2. The number of sulfone groups is 1. The van der Waals surface area contributed by atoms with E-state index in [2.05, 4.69) is 0 Å². The Kier molecular flexibility index (Phi) is 5.02. The molecule has 0 aromatic heterocycles. The second kappa shape index (κ2) is 6.75. The zero-order chi connectivity index (χ0) is 20.1. The second-order valence-corrected chi connectivity index (χ2v) is 11.4. The molecule has 1 aromatic carbocycles. The van der Waals surface area contributed by atoms with Gasteiger partial charge in [-0.15, -0.1) is 0 Å². The van der Waals surface area contributed by atoms with Gasteiger partial charge in [0.05, 0.1) is 39.4 Å². The Hall–Kier alpha value is -1.65. The van der Waals surface area contributed by atoms with Crippen LogP contribution in [0.15, 0.2) is 18.2 Å². The van der Waals surface area contributed by atoms with Crippen LogP contribution in [-0.4, -0.2) is 63.9 Å². The first kappa shape index (κ1) is 20.1. The summed E-state index contributed by atoms with van der Waals surface area (Å²) in [4.78, 5) is 26.4. The molecule has 2 atom stereocenters. The molecular weight excluding hydrogens is 416 g/mol. The quantitative estimate of drug-likeness (QED) is 0.699. The second-order valence-electron chi connectivity index (χ2n) is 6.92. The van der Waals surface area contributed by atoms with Gasteiger partial charge in [-0.1, -0.05) is 18.5 Å². The largest absolute Gasteiger partial charge is 0.338 e. The van der Waals surface area contributed by atoms with E-state index >= 15 is 0 Å². The van der Waals surface area contributed by atoms with Crippen LogP contribution in [0.2, 0.25) is 5.02 Å². The minimum atomic E-state index is -3.81. The Balaban J connectivity index is 1.94. The van der Waals surface area contributed by atoms with Crippen LogP contribution in [0.5, 0.6) is 0 Å². The van der Waals surface area contributed by atoms with Gasteiger partial charge >= 0.3 is 0 Å². The molecule has 11 heteroatoms. The minimum absolute atomic E-state index is 0.0153. The lowest BCUT2D eigenvalue weighted by molar-refractivity contribution is -0.119. The molecule has 0 spiro atoms. The van der Waals surface area contributed by atoms with E-state index in [4.69, 9.17) is 11.6 Å². The third-order valence-electron chi connectivity index (χ3n) is 4.85. The maximum absolute atomic E-state index is 12.8. The van der Waals surface area contributed by atoms with Crippen LogP contribution >= 0.6 is 11.6 Å². The van der Waals surface area contributed by atoms with Crippen LogP contribution < -0.4 is 4.31 Å². The highest BCUT2D eigenvalue weighted by Crippen LogP contribution is 2.32. The van der Waals surface area contributed by atoms with Gasteiger partial charge in [-0.2, -0.15) is 0 Å². The highest BCUT2D eigenvalue weighted by molar-refractivity contribution is 7.94. The number of benzene rings is 1. The predicted molar refractivity (Wildman–Crippen MR) is 101 cm³/mol. The van der Waals surface area contributed by atoms with E-state index < -0.39 is 43.6 Å². The lowest BCUT2D eigenvalue weighted by atomic mass is 10.1. The minimum Gasteiger partial charge on any atom is -0.338 e. The van der Waals surface area contributed by atoms with Crippen molar-refractivity contribution < 1.29 is 26.4 Å². The number of amides is 2. The van der Waals surface area contributed by atoms with Crippen molar-refractivity contribution in [2.45, 2.75) is 19.4 Å². The number of rotatable bonds is 3. The normalized spacial score (nSPS) is 26.3. The molecule has 0 bridgehead atoms. The first-order valence-corrected chi connectivity index (χ1v) is 12.1. The maximum atomic E-state index is 12.8. The lowest BCUT2D eigenvalue weighted by Gasteiger charge is -2.24. The van der Waals surface area contributed by atoms with Gasteiger partial charge in [-0.25, -0.2) is 21.1 Å². The summed E-state index contributed by atoms with van der Waals surface area (Å²) in [6, 6.07) is 3.51. The van der Waals surface area contributed by atoms with Crippen LogP contribution in [0, 0.1) is 5.92 Å². The summed E-state index contributed by atoms with van der Waals surface area (Å²) in [5.41, 5.74) is 0.0630. The van der Waals surface area contributed by atoms with Crippen LogP contribution in [0.25, 0.3) is 0 Å². The zero-order valence-electron chi connectivity index (χ0n) is 14.8. The van der Waals surface area contributed by atoms with Gasteiger partial charge in [0.15, 0.2) is 9.84 Å². The van der Waals surface area contributed by atoms with E-state index in [-0.39, 0.29) is 33.5 Å². The molecule has 0 radical (unpaired) electrons. The Morgan fingerprint density at radius 3 is 2.41 bits per heavy atom. The number of hydrogen-bond acceptors (Lipinski definition) is 6. The molecule has 27 heavy (non-hydrogen) atoms. The van der Waals surface area contributed by atoms with E-state index in [0.29, 0.717) is 10.7 Å². The molecule has 2 aliphatic rings.